The maximum atomic E-state index is 13.5. The fraction of sp³-hybridized carbons (Fsp3) is 0.176. The van der Waals surface area contributed by atoms with E-state index < -0.39 is 17.6 Å². The van der Waals surface area contributed by atoms with Crippen LogP contribution in [0.2, 0.25) is 0 Å². The van der Waals surface area contributed by atoms with Crippen molar-refractivity contribution < 1.29 is 18.7 Å². The molecule has 6 heteroatoms. The third-order valence-corrected chi connectivity index (χ3v) is 3.16. The fourth-order valence-electron chi connectivity index (χ4n) is 2.02. The summed E-state index contributed by atoms with van der Waals surface area (Å²) in [4.78, 5) is 23.8. The van der Waals surface area contributed by atoms with Crippen molar-refractivity contribution in [3.63, 3.8) is 0 Å². The van der Waals surface area contributed by atoms with Crippen LogP contribution in [0.15, 0.2) is 42.5 Å². The molecule has 0 heterocycles. The number of carbonyl (C=O) groups is 2. The van der Waals surface area contributed by atoms with E-state index >= 15 is 0 Å². The number of halogens is 1. The summed E-state index contributed by atoms with van der Waals surface area (Å²) in [7, 11) is 1.50. The predicted molar refractivity (Wildman–Crippen MR) is 85.1 cm³/mol. The summed E-state index contributed by atoms with van der Waals surface area (Å²) in [5, 5.41) is 5.03. The third kappa shape index (κ3) is 4.29. The summed E-state index contributed by atoms with van der Waals surface area (Å²) >= 11 is 0. The van der Waals surface area contributed by atoms with Gasteiger partial charge in [-0.15, -0.1) is 0 Å². The molecular formula is C17H17FN2O3. The minimum atomic E-state index is -0.644. The van der Waals surface area contributed by atoms with Gasteiger partial charge in [0.1, 0.15) is 11.6 Å². The minimum Gasteiger partial charge on any atom is -0.495 e. The maximum Gasteiger partial charge on any atom is 0.254 e. The van der Waals surface area contributed by atoms with Gasteiger partial charge in [-0.3, -0.25) is 9.59 Å². The molecular weight excluding hydrogens is 299 g/mol. The SMILES string of the molecule is COc1ccc(C)cc1NC(=O)CNC(=O)c1ccccc1F. The Morgan fingerprint density at radius 1 is 1.17 bits per heavy atom. The lowest BCUT2D eigenvalue weighted by molar-refractivity contribution is -0.115. The number of aryl methyl sites for hydroxylation is 1. The average molecular weight is 316 g/mol. The Bertz CT molecular complexity index is 732. The van der Waals surface area contributed by atoms with Crippen molar-refractivity contribution in [2.45, 2.75) is 6.92 Å². The van der Waals surface area contributed by atoms with E-state index in [2.05, 4.69) is 10.6 Å². The second-order valence-corrected chi connectivity index (χ2v) is 4.91. The van der Waals surface area contributed by atoms with Crippen LogP contribution in [0.5, 0.6) is 5.75 Å². The molecule has 0 spiro atoms. The number of hydrogen-bond donors (Lipinski definition) is 2. The number of hydrogen-bond acceptors (Lipinski definition) is 3. The number of nitrogens with one attached hydrogen (secondary N) is 2. The third-order valence-electron chi connectivity index (χ3n) is 3.16. The van der Waals surface area contributed by atoms with Gasteiger partial charge in [0.05, 0.1) is 24.9 Å². The molecule has 0 saturated carbocycles. The lowest BCUT2D eigenvalue weighted by Gasteiger charge is -2.11. The van der Waals surface area contributed by atoms with Gasteiger partial charge < -0.3 is 15.4 Å². The van der Waals surface area contributed by atoms with Gasteiger partial charge in [-0.1, -0.05) is 18.2 Å². The van der Waals surface area contributed by atoms with Crippen LogP contribution in [0.4, 0.5) is 10.1 Å². The molecule has 0 aromatic heterocycles. The molecule has 0 bridgehead atoms. The molecule has 0 fully saturated rings. The van der Waals surface area contributed by atoms with E-state index in [1.54, 1.807) is 18.2 Å². The number of methoxy groups -OCH3 is 1. The molecule has 0 unspecified atom stereocenters. The number of rotatable bonds is 5. The molecule has 0 saturated heterocycles. The lowest BCUT2D eigenvalue weighted by Crippen LogP contribution is -2.33. The highest BCUT2D eigenvalue weighted by Crippen LogP contribution is 2.24. The number of anilines is 1. The molecule has 2 N–H and O–H groups in total. The highest BCUT2D eigenvalue weighted by molar-refractivity contribution is 5.99. The normalized spacial score (nSPS) is 10.0. The summed E-state index contributed by atoms with van der Waals surface area (Å²) in [6, 6.07) is 10.9. The zero-order valence-electron chi connectivity index (χ0n) is 12.9. The highest BCUT2D eigenvalue weighted by atomic mass is 19.1. The first-order valence-electron chi connectivity index (χ1n) is 6.98. The zero-order chi connectivity index (χ0) is 16.8. The van der Waals surface area contributed by atoms with Crippen LogP contribution in [0.3, 0.4) is 0 Å². The smallest absolute Gasteiger partial charge is 0.254 e. The summed E-state index contributed by atoms with van der Waals surface area (Å²) in [5.41, 5.74) is 1.36. The second kappa shape index (κ2) is 7.40. The Balaban J connectivity index is 1.97. The van der Waals surface area contributed by atoms with E-state index in [9.17, 15) is 14.0 Å². The van der Waals surface area contributed by atoms with Crippen molar-refractivity contribution in [2.75, 3.05) is 19.0 Å². The first kappa shape index (κ1) is 16.5. The quantitative estimate of drug-likeness (QED) is 0.890. The van der Waals surface area contributed by atoms with Crippen LogP contribution in [0.1, 0.15) is 15.9 Å². The van der Waals surface area contributed by atoms with E-state index in [1.165, 1.54) is 25.3 Å². The topological polar surface area (TPSA) is 67.4 Å². The minimum absolute atomic E-state index is 0.103. The van der Waals surface area contributed by atoms with Crippen molar-refractivity contribution in [2.24, 2.45) is 0 Å². The molecule has 0 aliphatic rings. The van der Waals surface area contributed by atoms with E-state index in [0.717, 1.165) is 5.56 Å². The number of ether oxygens (including phenoxy) is 1. The van der Waals surface area contributed by atoms with Gasteiger partial charge in [0.25, 0.3) is 5.91 Å². The Hall–Kier alpha value is -2.89. The second-order valence-electron chi connectivity index (χ2n) is 4.91. The predicted octanol–water partition coefficient (Wildman–Crippen LogP) is 2.51. The van der Waals surface area contributed by atoms with Crippen molar-refractivity contribution in [1.29, 1.82) is 0 Å². The van der Waals surface area contributed by atoms with Crippen LogP contribution < -0.4 is 15.4 Å². The van der Waals surface area contributed by atoms with Crippen molar-refractivity contribution in [1.82, 2.24) is 5.32 Å². The number of carbonyl (C=O) groups excluding carboxylic acids is 2. The van der Waals surface area contributed by atoms with E-state index in [1.807, 2.05) is 13.0 Å². The van der Waals surface area contributed by atoms with Gasteiger partial charge in [-0.25, -0.2) is 4.39 Å². The van der Waals surface area contributed by atoms with Crippen LogP contribution in [0.25, 0.3) is 0 Å². The molecule has 2 aromatic carbocycles. The van der Waals surface area contributed by atoms with Crippen LogP contribution in [0, 0.1) is 12.7 Å². The molecule has 2 amide bonds. The molecule has 2 rings (SSSR count). The molecule has 0 aliphatic carbocycles. The fourth-order valence-corrected chi connectivity index (χ4v) is 2.02. The highest BCUT2D eigenvalue weighted by Gasteiger charge is 2.13. The molecule has 0 radical (unpaired) electrons. The molecule has 5 nitrogen and oxygen atoms in total. The molecule has 2 aromatic rings. The Morgan fingerprint density at radius 3 is 2.61 bits per heavy atom. The number of benzene rings is 2. The average Bonchev–Trinajstić information content (AvgIpc) is 2.53. The Kier molecular flexibility index (Phi) is 5.30. The maximum absolute atomic E-state index is 13.5. The van der Waals surface area contributed by atoms with E-state index in [0.29, 0.717) is 11.4 Å². The van der Waals surface area contributed by atoms with Crippen LogP contribution >= 0.6 is 0 Å². The summed E-state index contributed by atoms with van der Waals surface area (Å²) in [6.45, 7) is 1.61. The first-order chi connectivity index (χ1) is 11.0. The van der Waals surface area contributed by atoms with Gasteiger partial charge in [0.15, 0.2) is 0 Å². The van der Waals surface area contributed by atoms with Gasteiger partial charge in [-0.05, 0) is 36.8 Å². The van der Waals surface area contributed by atoms with Gasteiger partial charge in [0.2, 0.25) is 5.91 Å². The number of amides is 2. The van der Waals surface area contributed by atoms with Crippen molar-refractivity contribution >= 4 is 17.5 Å². The van der Waals surface area contributed by atoms with Gasteiger partial charge in [0, 0.05) is 0 Å². The molecule has 0 atom stereocenters. The standard InChI is InChI=1S/C17H17FN2O3/c1-11-7-8-15(23-2)14(9-11)20-16(21)10-19-17(22)12-5-3-4-6-13(12)18/h3-9H,10H2,1-2H3,(H,19,22)(H,20,21). The Labute approximate surface area is 133 Å². The largest absolute Gasteiger partial charge is 0.495 e. The zero-order valence-corrected chi connectivity index (χ0v) is 12.9. The van der Waals surface area contributed by atoms with Crippen LogP contribution in [-0.4, -0.2) is 25.5 Å². The lowest BCUT2D eigenvalue weighted by atomic mass is 10.2. The van der Waals surface area contributed by atoms with Crippen molar-refractivity contribution in [3.05, 3.63) is 59.4 Å². The Morgan fingerprint density at radius 2 is 1.91 bits per heavy atom. The van der Waals surface area contributed by atoms with E-state index in [4.69, 9.17) is 4.74 Å². The molecule has 23 heavy (non-hydrogen) atoms. The summed E-state index contributed by atoms with van der Waals surface area (Å²) < 4.78 is 18.6. The summed E-state index contributed by atoms with van der Waals surface area (Å²) in [5.74, 6) is -1.19. The molecule has 120 valence electrons. The van der Waals surface area contributed by atoms with Gasteiger partial charge >= 0.3 is 0 Å². The van der Waals surface area contributed by atoms with Crippen molar-refractivity contribution in [3.8, 4) is 5.75 Å². The van der Waals surface area contributed by atoms with Gasteiger partial charge in [-0.2, -0.15) is 0 Å². The summed E-state index contributed by atoms with van der Waals surface area (Å²) in [6.07, 6.45) is 0. The monoisotopic (exact) mass is 316 g/mol. The van der Waals surface area contributed by atoms with E-state index in [-0.39, 0.29) is 12.1 Å². The first-order valence-corrected chi connectivity index (χ1v) is 6.98. The van der Waals surface area contributed by atoms with Crippen LogP contribution in [-0.2, 0) is 4.79 Å². The molecule has 0 aliphatic heterocycles.